The molecule has 0 bridgehead atoms. The molecule has 4 heteroatoms. The van der Waals surface area contributed by atoms with E-state index >= 15 is 0 Å². The zero-order chi connectivity index (χ0) is 11.5. The highest BCUT2D eigenvalue weighted by Gasteiger charge is 2.26. The van der Waals surface area contributed by atoms with Crippen LogP contribution >= 0.6 is 0 Å². The quantitative estimate of drug-likeness (QED) is 0.826. The first-order valence-electron chi connectivity index (χ1n) is 5.49. The fourth-order valence-corrected chi connectivity index (χ4v) is 1.92. The van der Waals surface area contributed by atoms with Crippen LogP contribution in [0.1, 0.15) is 11.6 Å². The lowest BCUT2D eigenvalue weighted by molar-refractivity contribution is 0.196. The molecular weight excluding hydrogens is 202 g/mol. The van der Waals surface area contributed by atoms with E-state index in [0.717, 1.165) is 18.7 Å². The number of nitrogens with two attached hydrogens (primary N) is 1. The maximum absolute atomic E-state index is 11.7. The van der Waals surface area contributed by atoms with Crippen molar-refractivity contribution in [1.29, 1.82) is 0 Å². The number of likely N-dealkylation sites (N-methyl/N-ethyl adjacent to an activating group) is 1. The van der Waals surface area contributed by atoms with Crippen molar-refractivity contribution >= 4 is 6.03 Å². The third kappa shape index (κ3) is 2.17. The third-order valence-electron chi connectivity index (χ3n) is 2.95. The summed E-state index contributed by atoms with van der Waals surface area (Å²) >= 11 is 0. The lowest BCUT2D eigenvalue weighted by Crippen LogP contribution is -2.35. The van der Waals surface area contributed by atoms with Gasteiger partial charge in [-0.15, -0.1) is 0 Å². The Balaban J connectivity index is 1.98. The Hall–Kier alpha value is -1.55. The molecule has 2 amide bonds. The Morgan fingerprint density at radius 3 is 2.56 bits per heavy atom. The molecule has 0 aromatic heterocycles. The molecule has 0 spiro atoms. The molecule has 0 saturated carbocycles. The second-order valence-electron chi connectivity index (χ2n) is 4.17. The summed E-state index contributed by atoms with van der Waals surface area (Å²) in [5.74, 6) is 0. The Morgan fingerprint density at radius 1 is 1.31 bits per heavy atom. The van der Waals surface area contributed by atoms with E-state index in [1.807, 2.05) is 37.4 Å². The summed E-state index contributed by atoms with van der Waals surface area (Å²) in [6, 6.07) is 9.86. The van der Waals surface area contributed by atoms with E-state index in [0.29, 0.717) is 6.54 Å². The van der Waals surface area contributed by atoms with Gasteiger partial charge in [-0.1, -0.05) is 30.3 Å². The van der Waals surface area contributed by atoms with Crippen molar-refractivity contribution < 1.29 is 4.79 Å². The Morgan fingerprint density at radius 2 is 2.00 bits per heavy atom. The van der Waals surface area contributed by atoms with Crippen LogP contribution in [0.5, 0.6) is 0 Å². The lowest BCUT2D eigenvalue weighted by atomic mass is 10.1. The number of benzene rings is 1. The summed E-state index contributed by atoms with van der Waals surface area (Å²) < 4.78 is 0. The Kier molecular flexibility index (Phi) is 3.10. The molecule has 1 unspecified atom stereocenters. The second kappa shape index (κ2) is 4.53. The number of nitrogens with zero attached hydrogens (tertiary/aromatic N) is 2. The number of carbonyl (C=O) groups excluding carboxylic acids is 1. The van der Waals surface area contributed by atoms with E-state index in [9.17, 15) is 4.79 Å². The fourth-order valence-electron chi connectivity index (χ4n) is 1.92. The van der Waals surface area contributed by atoms with Crippen molar-refractivity contribution in [1.82, 2.24) is 9.80 Å². The van der Waals surface area contributed by atoms with Gasteiger partial charge in [-0.05, 0) is 5.56 Å². The van der Waals surface area contributed by atoms with Crippen LogP contribution in [0.2, 0.25) is 0 Å². The molecule has 1 saturated heterocycles. The average molecular weight is 219 g/mol. The van der Waals surface area contributed by atoms with Crippen LogP contribution in [0.15, 0.2) is 30.3 Å². The van der Waals surface area contributed by atoms with E-state index in [-0.39, 0.29) is 12.1 Å². The first kappa shape index (κ1) is 11.0. The normalized spacial score (nSPS) is 18.0. The summed E-state index contributed by atoms with van der Waals surface area (Å²) in [5.41, 5.74) is 7.14. The minimum absolute atomic E-state index is 0.0754. The van der Waals surface area contributed by atoms with Gasteiger partial charge in [0.25, 0.3) is 0 Å². The molecule has 16 heavy (non-hydrogen) atoms. The van der Waals surface area contributed by atoms with Gasteiger partial charge in [0.1, 0.15) is 0 Å². The van der Waals surface area contributed by atoms with E-state index in [1.165, 1.54) is 0 Å². The Bertz CT molecular complexity index is 366. The van der Waals surface area contributed by atoms with Crippen LogP contribution in [-0.4, -0.2) is 42.5 Å². The van der Waals surface area contributed by atoms with E-state index in [4.69, 9.17) is 5.73 Å². The molecule has 86 valence electrons. The number of rotatable bonds is 3. The topological polar surface area (TPSA) is 49.6 Å². The summed E-state index contributed by atoms with van der Waals surface area (Å²) in [6.45, 7) is 2.16. The second-order valence-corrected chi connectivity index (χ2v) is 4.17. The molecular formula is C12H17N3O. The van der Waals surface area contributed by atoms with Crippen molar-refractivity contribution in [2.24, 2.45) is 5.73 Å². The zero-order valence-corrected chi connectivity index (χ0v) is 9.47. The third-order valence-corrected chi connectivity index (χ3v) is 2.95. The molecule has 0 radical (unpaired) electrons. The highest BCUT2D eigenvalue weighted by Crippen LogP contribution is 2.14. The first-order valence-corrected chi connectivity index (χ1v) is 5.49. The molecule has 4 nitrogen and oxygen atoms in total. The maximum Gasteiger partial charge on any atom is 0.319 e. The van der Waals surface area contributed by atoms with Gasteiger partial charge in [-0.25, -0.2) is 4.79 Å². The van der Waals surface area contributed by atoms with E-state index < -0.39 is 0 Å². The number of hydrogen-bond donors (Lipinski definition) is 1. The molecule has 1 heterocycles. The van der Waals surface area contributed by atoms with Crippen LogP contribution in [0.3, 0.4) is 0 Å². The first-order chi connectivity index (χ1) is 7.68. The standard InChI is InChI=1S/C12H17N3O/c1-14-7-8-15(12(14)16)9-11(13)10-5-3-2-4-6-10/h2-6,11H,7-9,13H2,1H3. The van der Waals surface area contributed by atoms with Crippen molar-refractivity contribution in [3.63, 3.8) is 0 Å². The molecule has 0 aliphatic carbocycles. The van der Waals surface area contributed by atoms with Gasteiger partial charge in [-0.2, -0.15) is 0 Å². The molecule has 1 aliphatic heterocycles. The smallest absolute Gasteiger partial charge is 0.319 e. The van der Waals surface area contributed by atoms with Gasteiger partial charge in [-0.3, -0.25) is 0 Å². The van der Waals surface area contributed by atoms with E-state index in [2.05, 4.69) is 0 Å². The molecule has 1 aromatic carbocycles. The van der Waals surface area contributed by atoms with E-state index in [1.54, 1.807) is 9.80 Å². The van der Waals surface area contributed by atoms with Crippen molar-refractivity contribution in [3.05, 3.63) is 35.9 Å². The number of urea groups is 1. The summed E-state index contributed by atoms with van der Waals surface area (Å²) in [6.07, 6.45) is 0. The average Bonchev–Trinajstić information content (AvgIpc) is 2.62. The van der Waals surface area contributed by atoms with Crippen LogP contribution in [0.4, 0.5) is 4.79 Å². The predicted molar refractivity (Wildman–Crippen MR) is 63.0 cm³/mol. The van der Waals surface area contributed by atoms with Crippen molar-refractivity contribution in [2.45, 2.75) is 6.04 Å². The minimum atomic E-state index is -0.100. The summed E-state index contributed by atoms with van der Waals surface area (Å²) in [4.78, 5) is 15.2. The van der Waals surface area contributed by atoms with Crippen LogP contribution < -0.4 is 5.73 Å². The highest BCUT2D eigenvalue weighted by atomic mass is 16.2. The summed E-state index contributed by atoms with van der Waals surface area (Å²) in [5, 5.41) is 0. The molecule has 2 rings (SSSR count). The highest BCUT2D eigenvalue weighted by molar-refractivity contribution is 5.76. The SMILES string of the molecule is CN1CCN(CC(N)c2ccccc2)C1=O. The molecule has 1 aliphatic rings. The van der Waals surface area contributed by atoms with Crippen molar-refractivity contribution in [2.75, 3.05) is 26.7 Å². The fraction of sp³-hybridized carbons (Fsp3) is 0.417. The van der Waals surface area contributed by atoms with Gasteiger partial charge >= 0.3 is 6.03 Å². The molecule has 1 aromatic rings. The van der Waals surface area contributed by atoms with Gasteiger partial charge in [0.15, 0.2) is 0 Å². The zero-order valence-electron chi connectivity index (χ0n) is 9.47. The predicted octanol–water partition coefficient (Wildman–Crippen LogP) is 1.05. The number of hydrogen-bond acceptors (Lipinski definition) is 2. The van der Waals surface area contributed by atoms with Gasteiger partial charge < -0.3 is 15.5 Å². The van der Waals surface area contributed by atoms with Crippen molar-refractivity contribution in [3.8, 4) is 0 Å². The molecule has 2 N–H and O–H groups in total. The van der Waals surface area contributed by atoms with Gasteiger partial charge in [0.05, 0.1) is 0 Å². The lowest BCUT2D eigenvalue weighted by Gasteiger charge is -2.20. The number of amides is 2. The molecule has 1 fully saturated rings. The van der Waals surface area contributed by atoms with Gasteiger partial charge in [0.2, 0.25) is 0 Å². The van der Waals surface area contributed by atoms with Gasteiger partial charge in [0, 0.05) is 32.7 Å². The minimum Gasteiger partial charge on any atom is -0.326 e. The van der Waals surface area contributed by atoms with Crippen LogP contribution in [-0.2, 0) is 0 Å². The maximum atomic E-state index is 11.7. The van der Waals surface area contributed by atoms with Crippen LogP contribution in [0.25, 0.3) is 0 Å². The summed E-state index contributed by atoms with van der Waals surface area (Å²) in [7, 11) is 1.82. The monoisotopic (exact) mass is 219 g/mol. The molecule has 1 atom stereocenters. The number of carbonyl (C=O) groups is 1. The van der Waals surface area contributed by atoms with Crippen LogP contribution in [0, 0.1) is 0 Å². The Labute approximate surface area is 95.6 Å². The largest absolute Gasteiger partial charge is 0.326 e.